The molecule has 5 heteroatoms. The first-order chi connectivity index (χ1) is 10.0. The van der Waals surface area contributed by atoms with E-state index in [0.717, 1.165) is 16.9 Å². The van der Waals surface area contributed by atoms with E-state index in [4.69, 9.17) is 11.6 Å². The largest absolute Gasteiger partial charge is 0.322 e. The first-order valence-corrected chi connectivity index (χ1v) is 6.93. The number of carbonyl (C=O) groups excluding carboxylic acids is 1. The predicted octanol–water partition coefficient (Wildman–Crippen LogP) is 3.86. The molecule has 0 spiro atoms. The predicted molar refractivity (Wildman–Crippen MR) is 84.1 cm³/mol. The van der Waals surface area contributed by atoms with Gasteiger partial charge in [-0.25, -0.2) is 4.98 Å². The zero-order valence-electron chi connectivity index (χ0n) is 11.7. The highest BCUT2D eigenvalue weighted by atomic mass is 35.5. The molecule has 106 valence electrons. The van der Waals surface area contributed by atoms with E-state index >= 15 is 0 Å². The third-order valence-electron chi connectivity index (χ3n) is 3.26. The molecule has 2 heterocycles. The maximum atomic E-state index is 12.3. The topological polar surface area (TPSA) is 46.4 Å². The van der Waals surface area contributed by atoms with Gasteiger partial charge in [-0.2, -0.15) is 0 Å². The van der Waals surface area contributed by atoms with Gasteiger partial charge in [0.15, 0.2) is 0 Å². The van der Waals surface area contributed by atoms with Crippen molar-refractivity contribution in [3.05, 3.63) is 64.6 Å². The molecule has 2 aromatic heterocycles. The normalized spacial score (nSPS) is 10.8. The maximum Gasteiger partial charge on any atom is 0.257 e. The number of carbonyl (C=O) groups is 1. The number of benzene rings is 1. The lowest BCUT2D eigenvalue weighted by molar-refractivity contribution is 0.102. The number of hydrogen-bond acceptors (Lipinski definition) is 2. The highest BCUT2D eigenvalue weighted by Crippen LogP contribution is 2.20. The van der Waals surface area contributed by atoms with Crippen LogP contribution in [0, 0.1) is 13.8 Å². The maximum absolute atomic E-state index is 12.3. The number of rotatable bonds is 2. The Morgan fingerprint density at radius 3 is 2.76 bits per heavy atom. The van der Waals surface area contributed by atoms with Crippen LogP contribution in [-0.2, 0) is 0 Å². The first kappa shape index (κ1) is 13.6. The zero-order chi connectivity index (χ0) is 15.0. The third-order valence-corrected chi connectivity index (χ3v) is 3.67. The number of hydrogen-bond donors (Lipinski definition) is 1. The number of imidazole rings is 1. The Labute approximate surface area is 127 Å². The molecule has 0 unspecified atom stereocenters. The van der Waals surface area contributed by atoms with Crippen LogP contribution in [0.5, 0.6) is 0 Å². The van der Waals surface area contributed by atoms with Gasteiger partial charge in [0.1, 0.15) is 5.65 Å². The third kappa shape index (κ3) is 2.76. The summed E-state index contributed by atoms with van der Waals surface area (Å²) in [4.78, 5) is 16.6. The van der Waals surface area contributed by atoms with E-state index in [9.17, 15) is 4.79 Å². The van der Waals surface area contributed by atoms with Crippen molar-refractivity contribution in [3.8, 4) is 0 Å². The Bertz CT molecular complexity index is 839. The average molecular weight is 300 g/mol. The first-order valence-electron chi connectivity index (χ1n) is 6.56. The van der Waals surface area contributed by atoms with Crippen LogP contribution in [0.25, 0.3) is 5.65 Å². The summed E-state index contributed by atoms with van der Waals surface area (Å²) < 4.78 is 1.84. The summed E-state index contributed by atoms with van der Waals surface area (Å²) in [6.07, 6.45) is 3.65. The molecule has 3 rings (SSSR count). The molecule has 0 bridgehead atoms. The van der Waals surface area contributed by atoms with Crippen molar-refractivity contribution in [1.29, 1.82) is 0 Å². The molecule has 0 saturated heterocycles. The summed E-state index contributed by atoms with van der Waals surface area (Å²) in [5.74, 6) is -0.178. The monoisotopic (exact) mass is 299 g/mol. The van der Waals surface area contributed by atoms with Crippen molar-refractivity contribution in [1.82, 2.24) is 9.38 Å². The van der Waals surface area contributed by atoms with Gasteiger partial charge in [0.25, 0.3) is 5.91 Å². The SMILES string of the molecule is Cc1cn2cc(C(=O)Nc3ccc(C)c(Cl)c3)ccc2n1. The molecule has 0 atom stereocenters. The van der Waals surface area contributed by atoms with Gasteiger partial charge in [0, 0.05) is 23.1 Å². The lowest BCUT2D eigenvalue weighted by atomic mass is 10.2. The van der Waals surface area contributed by atoms with Gasteiger partial charge in [0.05, 0.1) is 11.3 Å². The van der Waals surface area contributed by atoms with Gasteiger partial charge < -0.3 is 9.72 Å². The molecule has 0 aliphatic rings. The Kier molecular flexibility index (Phi) is 3.39. The van der Waals surface area contributed by atoms with Crippen molar-refractivity contribution in [2.24, 2.45) is 0 Å². The molecule has 0 radical (unpaired) electrons. The highest BCUT2D eigenvalue weighted by molar-refractivity contribution is 6.31. The molecule has 0 aliphatic carbocycles. The van der Waals surface area contributed by atoms with E-state index in [1.54, 1.807) is 18.3 Å². The summed E-state index contributed by atoms with van der Waals surface area (Å²) in [6.45, 7) is 3.84. The van der Waals surface area contributed by atoms with Crippen molar-refractivity contribution in [2.75, 3.05) is 5.32 Å². The quantitative estimate of drug-likeness (QED) is 0.781. The van der Waals surface area contributed by atoms with Crippen LogP contribution in [0.1, 0.15) is 21.6 Å². The minimum absolute atomic E-state index is 0.178. The molecule has 0 fully saturated rings. The molecule has 0 aliphatic heterocycles. The smallest absolute Gasteiger partial charge is 0.257 e. The number of halogens is 1. The number of aromatic nitrogens is 2. The average Bonchev–Trinajstić information content (AvgIpc) is 2.82. The number of fused-ring (bicyclic) bond motifs is 1. The highest BCUT2D eigenvalue weighted by Gasteiger charge is 2.08. The summed E-state index contributed by atoms with van der Waals surface area (Å²) in [6, 6.07) is 9.03. The summed E-state index contributed by atoms with van der Waals surface area (Å²) >= 11 is 6.06. The molecule has 1 amide bonds. The van der Waals surface area contributed by atoms with Crippen LogP contribution in [0.15, 0.2) is 42.7 Å². The summed E-state index contributed by atoms with van der Waals surface area (Å²) in [5, 5.41) is 3.47. The van der Waals surface area contributed by atoms with Crippen LogP contribution >= 0.6 is 11.6 Å². The van der Waals surface area contributed by atoms with E-state index in [1.807, 2.05) is 42.6 Å². The Morgan fingerprint density at radius 2 is 2.00 bits per heavy atom. The van der Waals surface area contributed by atoms with Crippen LogP contribution in [0.3, 0.4) is 0 Å². The van der Waals surface area contributed by atoms with Crippen molar-refractivity contribution in [3.63, 3.8) is 0 Å². The molecule has 0 saturated carbocycles. The molecular weight excluding hydrogens is 286 g/mol. The Balaban J connectivity index is 1.87. The zero-order valence-corrected chi connectivity index (χ0v) is 12.5. The lowest BCUT2D eigenvalue weighted by Crippen LogP contribution is -2.12. The lowest BCUT2D eigenvalue weighted by Gasteiger charge is -2.07. The van der Waals surface area contributed by atoms with Gasteiger partial charge in [-0.05, 0) is 43.7 Å². The molecular formula is C16H14ClN3O. The second-order valence-electron chi connectivity index (χ2n) is 4.98. The summed E-state index contributed by atoms with van der Waals surface area (Å²) in [5.41, 5.74) is 3.96. The molecule has 4 nitrogen and oxygen atoms in total. The second-order valence-corrected chi connectivity index (χ2v) is 5.39. The van der Waals surface area contributed by atoms with Gasteiger partial charge in [-0.3, -0.25) is 4.79 Å². The van der Waals surface area contributed by atoms with E-state index in [1.165, 1.54) is 0 Å². The molecule has 3 aromatic rings. The number of nitrogens with zero attached hydrogens (tertiary/aromatic N) is 2. The van der Waals surface area contributed by atoms with Crippen LogP contribution in [-0.4, -0.2) is 15.3 Å². The fraction of sp³-hybridized carbons (Fsp3) is 0.125. The Morgan fingerprint density at radius 1 is 1.19 bits per heavy atom. The van der Waals surface area contributed by atoms with Crippen molar-refractivity contribution < 1.29 is 4.79 Å². The van der Waals surface area contributed by atoms with Crippen molar-refractivity contribution in [2.45, 2.75) is 13.8 Å². The Hall–Kier alpha value is -2.33. The molecule has 1 N–H and O–H groups in total. The van der Waals surface area contributed by atoms with E-state index in [-0.39, 0.29) is 5.91 Å². The number of pyridine rings is 1. The van der Waals surface area contributed by atoms with E-state index in [2.05, 4.69) is 10.3 Å². The minimum atomic E-state index is -0.178. The van der Waals surface area contributed by atoms with Gasteiger partial charge in [-0.1, -0.05) is 17.7 Å². The van der Waals surface area contributed by atoms with Crippen molar-refractivity contribution >= 4 is 28.8 Å². The fourth-order valence-corrected chi connectivity index (χ4v) is 2.31. The number of anilines is 1. The standard InChI is InChI=1S/C16H14ClN3O/c1-10-3-5-13(7-14(10)17)19-16(21)12-4-6-15-18-11(2)8-20(15)9-12/h3-9H,1-2H3,(H,19,21). The van der Waals surface area contributed by atoms with E-state index in [0.29, 0.717) is 16.3 Å². The minimum Gasteiger partial charge on any atom is -0.322 e. The van der Waals surface area contributed by atoms with Crippen LogP contribution in [0.4, 0.5) is 5.69 Å². The molecule has 21 heavy (non-hydrogen) atoms. The second kappa shape index (κ2) is 5.22. The number of aryl methyl sites for hydroxylation is 2. The fourth-order valence-electron chi connectivity index (χ4n) is 2.13. The van der Waals surface area contributed by atoms with Crippen LogP contribution < -0.4 is 5.32 Å². The summed E-state index contributed by atoms with van der Waals surface area (Å²) in [7, 11) is 0. The number of amides is 1. The number of nitrogens with one attached hydrogen (secondary N) is 1. The van der Waals surface area contributed by atoms with Gasteiger partial charge in [-0.15, -0.1) is 0 Å². The van der Waals surface area contributed by atoms with Gasteiger partial charge >= 0.3 is 0 Å². The molecule has 1 aromatic carbocycles. The van der Waals surface area contributed by atoms with Gasteiger partial charge in [0.2, 0.25) is 0 Å². The van der Waals surface area contributed by atoms with E-state index < -0.39 is 0 Å². The van der Waals surface area contributed by atoms with Crippen LogP contribution in [0.2, 0.25) is 5.02 Å².